The van der Waals surface area contributed by atoms with Crippen molar-refractivity contribution in [3.63, 3.8) is 0 Å². The van der Waals surface area contributed by atoms with Crippen LogP contribution in [0.1, 0.15) is 42.3 Å². The Morgan fingerprint density at radius 3 is 2.62 bits per heavy atom. The summed E-state index contributed by atoms with van der Waals surface area (Å²) in [4.78, 5) is 12.2. The molecule has 16 heavy (non-hydrogen) atoms. The number of carbonyl (C=O) groups excluding carboxylic acids is 1. The number of hydrogen-bond acceptors (Lipinski definition) is 2. The SMILES string of the molecule is CC(C)(C)[C@@H]1Cc2c(C#N)cccc2C1=O. The van der Waals surface area contributed by atoms with Crippen LogP contribution >= 0.6 is 0 Å². The van der Waals surface area contributed by atoms with Crippen LogP contribution in [0.4, 0.5) is 0 Å². The minimum Gasteiger partial charge on any atom is -0.294 e. The Balaban J connectivity index is 2.51. The maximum absolute atomic E-state index is 12.2. The van der Waals surface area contributed by atoms with Crippen molar-refractivity contribution in [3.8, 4) is 6.07 Å². The zero-order valence-electron chi connectivity index (χ0n) is 9.87. The summed E-state index contributed by atoms with van der Waals surface area (Å²) in [5.74, 6) is 0.205. The molecule has 2 nitrogen and oxygen atoms in total. The predicted octanol–water partition coefficient (Wildman–Crippen LogP) is 2.96. The summed E-state index contributed by atoms with van der Waals surface area (Å²) in [5.41, 5.74) is 2.30. The van der Waals surface area contributed by atoms with Gasteiger partial charge in [0.05, 0.1) is 11.6 Å². The number of benzene rings is 1. The molecule has 1 aromatic carbocycles. The molecule has 0 aliphatic heterocycles. The number of nitriles is 1. The smallest absolute Gasteiger partial charge is 0.167 e. The number of nitrogens with zero attached hydrogens (tertiary/aromatic N) is 1. The molecule has 2 rings (SSSR count). The Bertz CT molecular complexity index is 488. The highest BCUT2D eigenvalue weighted by molar-refractivity contribution is 6.03. The lowest BCUT2D eigenvalue weighted by Crippen LogP contribution is -2.25. The number of ketones is 1. The van der Waals surface area contributed by atoms with E-state index in [0.29, 0.717) is 12.0 Å². The van der Waals surface area contributed by atoms with E-state index in [4.69, 9.17) is 5.26 Å². The average Bonchev–Trinajstić information content (AvgIpc) is 2.56. The minimum atomic E-state index is -0.0389. The van der Waals surface area contributed by atoms with E-state index in [1.807, 2.05) is 6.07 Å². The first-order valence-electron chi connectivity index (χ1n) is 5.51. The van der Waals surface area contributed by atoms with Crippen LogP contribution in [0.15, 0.2) is 18.2 Å². The molecule has 0 saturated heterocycles. The van der Waals surface area contributed by atoms with E-state index in [1.165, 1.54) is 0 Å². The van der Waals surface area contributed by atoms with Crippen molar-refractivity contribution >= 4 is 5.78 Å². The molecule has 2 heteroatoms. The molecule has 1 aromatic rings. The Hall–Kier alpha value is -1.62. The van der Waals surface area contributed by atoms with Crippen LogP contribution in [0.5, 0.6) is 0 Å². The van der Waals surface area contributed by atoms with E-state index in [-0.39, 0.29) is 17.1 Å². The van der Waals surface area contributed by atoms with Gasteiger partial charge in [-0.3, -0.25) is 4.79 Å². The number of carbonyl (C=O) groups is 1. The van der Waals surface area contributed by atoms with Crippen molar-refractivity contribution < 1.29 is 4.79 Å². The van der Waals surface area contributed by atoms with Crippen molar-refractivity contribution in [1.29, 1.82) is 5.26 Å². The standard InChI is InChI=1S/C14H15NO/c1-14(2,3)12-7-11-9(8-15)5-4-6-10(11)13(12)16/h4-6,12H,7H2,1-3H3/t12-/m1/s1. The summed E-state index contributed by atoms with van der Waals surface area (Å²) >= 11 is 0. The predicted molar refractivity (Wildman–Crippen MR) is 62.1 cm³/mol. The second-order valence-electron chi connectivity index (χ2n) is 5.43. The number of Topliss-reactive ketones (excluding diaryl/α,β-unsaturated/α-hetero) is 1. The van der Waals surface area contributed by atoms with Crippen molar-refractivity contribution in [3.05, 3.63) is 34.9 Å². The first-order chi connectivity index (χ1) is 7.45. The van der Waals surface area contributed by atoms with E-state index in [0.717, 1.165) is 11.1 Å². The van der Waals surface area contributed by atoms with Gasteiger partial charge in [0, 0.05) is 11.5 Å². The Morgan fingerprint density at radius 1 is 1.38 bits per heavy atom. The van der Waals surface area contributed by atoms with E-state index in [2.05, 4.69) is 26.8 Å². The molecule has 82 valence electrons. The van der Waals surface area contributed by atoms with Crippen molar-refractivity contribution in [1.82, 2.24) is 0 Å². The second kappa shape index (κ2) is 3.45. The molecule has 0 N–H and O–H groups in total. The molecular weight excluding hydrogens is 198 g/mol. The van der Waals surface area contributed by atoms with Crippen LogP contribution in [0.2, 0.25) is 0 Å². The fraction of sp³-hybridized carbons (Fsp3) is 0.429. The topological polar surface area (TPSA) is 40.9 Å². The molecule has 0 saturated carbocycles. The summed E-state index contributed by atoms with van der Waals surface area (Å²) in [5, 5.41) is 9.02. The van der Waals surface area contributed by atoms with Gasteiger partial charge in [0.15, 0.2) is 5.78 Å². The largest absolute Gasteiger partial charge is 0.294 e. The first-order valence-corrected chi connectivity index (χ1v) is 5.51. The average molecular weight is 213 g/mol. The summed E-state index contributed by atoms with van der Waals surface area (Å²) < 4.78 is 0. The third-order valence-corrected chi connectivity index (χ3v) is 3.33. The normalized spacial score (nSPS) is 19.4. The maximum atomic E-state index is 12.2. The van der Waals surface area contributed by atoms with Gasteiger partial charge in [-0.25, -0.2) is 0 Å². The van der Waals surface area contributed by atoms with Crippen molar-refractivity contribution in [2.24, 2.45) is 11.3 Å². The van der Waals surface area contributed by atoms with Gasteiger partial charge in [-0.2, -0.15) is 5.26 Å². The molecule has 0 aromatic heterocycles. The van der Waals surface area contributed by atoms with Crippen molar-refractivity contribution in [2.45, 2.75) is 27.2 Å². The molecule has 0 amide bonds. The molecule has 0 heterocycles. The fourth-order valence-corrected chi connectivity index (χ4v) is 2.33. The van der Waals surface area contributed by atoms with E-state index >= 15 is 0 Å². The second-order valence-corrected chi connectivity index (χ2v) is 5.43. The van der Waals surface area contributed by atoms with Gasteiger partial charge in [0.25, 0.3) is 0 Å². The van der Waals surface area contributed by atoms with Crippen LogP contribution in [0.25, 0.3) is 0 Å². The van der Waals surface area contributed by atoms with Crippen LogP contribution in [0, 0.1) is 22.7 Å². The Morgan fingerprint density at radius 2 is 2.06 bits per heavy atom. The lowest BCUT2D eigenvalue weighted by Gasteiger charge is -2.25. The lowest BCUT2D eigenvalue weighted by molar-refractivity contribution is 0.0843. The molecule has 0 fully saturated rings. The highest BCUT2D eigenvalue weighted by atomic mass is 16.1. The van der Waals surface area contributed by atoms with Gasteiger partial charge in [0.1, 0.15) is 0 Å². The molecule has 0 spiro atoms. The zero-order chi connectivity index (χ0) is 11.9. The van der Waals surface area contributed by atoms with E-state index in [9.17, 15) is 4.79 Å². The molecule has 1 aliphatic rings. The quantitative estimate of drug-likeness (QED) is 0.664. The van der Waals surface area contributed by atoms with Crippen LogP contribution in [0.3, 0.4) is 0 Å². The molecular formula is C14H15NO. The number of hydrogen-bond donors (Lipinski definition) is 0. The molecule has 0 unspecified atom stereocenters. The fourth-order valence-electron chi connectivity index (χ4n) is 2.33. The Kier molecular flexibility index (Phi) is 2.35. The van der Waals surface area contributed by atoms with Gasteiger partial charge in [-0.1, -0.05) is 32.9 Å². The van der Waals surface area contributed by atoms with E-state index in [1.54, 1.807) is 12.1 Å². The first kappa shape index (κ1) is 10.9. The number of fused-ring (bicyclic) bond motifs is 1. The van der Waals surface area contributed by atoms with Crippen LogP contribution in [-0.2, 0) is 6.42 Å². The highest BCUT2D eigenvalue weighted by Crippen LogP contribution is 2.39. The summed E-state index contributed by atoms with van der Waals surface area (Å²) in [6, 6.07) is 7.59. The monoisotopic (exact) mass is 213 g/mol. The molecule has 0 radical (unpaired) electrons. The summed E-state index contributed by atoms with van der Waals surface area (Å²) in [6.45, 7) is 6.23. The van der Waals surface area contributed by atoms with E-state index < -0.39 is 0 Å². The number of rotatable bonds is 0. The van der Waals surface area contributed by atoms with Crippen LogP contribution in [-0.4, -0.2) is 5.78 Å². The third-order valence-electron chi connectivity index (χ3n) is 3.33. The van der Waals surface area contributed by atoms with Gasteiger partial charge in [-0.05, 0) is 23.5 Å². The molecule has 0 bridgehead atoms. The Labute approximate surface area is 95.9 Å². The third kappa shape index (κ3) is 1.53. The van der Waals surface area contributed by atoms with Gasteiger partial charge in [0.2, 0.25) is 0 Å². The van der Waals surface area contributed by atoms with Crippen molar-refractivity contribution in [2.75, 3.05) is 0 Å². The maximum Gasteiger partial charge on any atom is 0.167 e. The highest BCUT2D eigenvalue weighted by Gasteiger charge is 2.39. The van der Waals surface area contributed by atoms with Gasteiger partial charge >= 0.3 is 0 Å². The molecule has 1 atom stereocenters. The molecule has 1 aliphatic carbocycles. The lowest BCUT2D eigenvalue weighted by atomic mass is 9.78. The minimum absolute atomic E-state index is 0.0111. The summed E-state index contributed by atoms with van der Waals surface area (Å²) in [6.07, 6.45) is 0.710. The van der Waals surface area contributed by atoms with Crippen LogP contribution < -0.4 is 0 Å². The van der Waals surface area contributed by atoms with Gasteiger partial charge in [-0.15, -0.1) is 0 Å². The zero-order valence-corrected chi connectivity index (χ0v) is 9.87. The summed E-state index contributed by atoms with van der Waals surface area (Å²) in [7, 11) is 0. The van der Waals surface area contributed by atoms with Gasteiger partial charge < -0.3 is 0 Å².